The Morgan fingerprint density at radius 2 is 2.05 bits per heavy atom. The highest BCUT2D eigenvalue weighted by molar-refractivity contribution is 5.68. The van der Waals surface area contributed by atoms with Crippen molar-refractivity contribution in [2.75, 3.05) is 26.2 Å². The van der Waals surface area contributed by atoms with Crippen LogP contribution >= 0.6 is 0 Å². The molecule has 0 spiro atoms. The quantitative estimate of drug-likeness (QED) is 0.811. The van der Waals surface area contributed by atoms with Crippen LogP contribution in [0.1, 0.15) is 46.5 Å². The lowest BCUT2D eigenvalue weighted by Crippen LogP contribution is -2.43. The average Bonchev–Trinajstić information content (AvgIpc) is 2.74. The Bertz CT molecular complexity index is 338. The summed E-state index contributed by atoms with van der Waals surface area (Å²) < 4.78 is 5.39. The van der Waals surface area contributed by atoms with E-state index in [1.165, 1.54) is 0 Å². The normalized spacial score (nSPS) is 28.7. The highest BCUT2D eigenvalue weighted by atomic mass is 16.6. The minimum atomic E-state index is -0.529. The van der Waals surface area contributed by atoms with Gasteiger partial charge in [0.05, 0.1) is 5.60 Å². The van der Waals surface area contributed by atoms with Crippen LogP contribution in [0.5, 0.6) is 0 Å². The lowest BCUT2D eigenvalue weighted by Gasteiger charge is -2.36. The van der Waals surface area contributed by atoms with Crippen LogP contribution in [0, 0.1) is 5.92 Å². The van der Waals surface area contributed by atoms with Gasteiger partial charge in [0.15, 0.2) is 0 Å². The second-order valence-corrected chi connectivity index (χ2v) is 7.27. The zero-order chi connectivity index (χ0) is 14.8. The maximum Gasteiger partial charge on any atom is 0.410 e. The zero-order valence-electron chi connectivity index (χ0n) is 12.9. The highest BCUT2D eigenvalue weighted by Gasteiger charge is 2.35. The van der Waals surface area contributed by atoms with Gasteiger partial charge in [-0.3, -0.25) is 0 Å². The van der Waals surface area contributed by atoms with Crippen molar-refractivity contribution >= 4 is 6.09 Å². The summed E-state index contributed by atoms with van der Waals surface area (Å²) in [5, 5.41) is 13.6. The Kier molecular flexibility index (Phi) is 4.59. The molecular weight excluding hydrogens is 256 g/mol. The standard InChI is InChI=1S/C15H28N2O3/c1-14(2,3)20-13(18)17-8-4-12(5-9-17)10-15(19)6-7-16-11-15/h12,16,19H,4-11H2,1-3H3. The number of carbonyl (C=O) groups excluding carboxylic acids is 1. The molecule has 0 aromatic heterocycles. The molecule has 2 N–H and O–H groups in total. The first-order chi connectivity index (χ1) is 9.27. The molecule has 5 nitrogen and oxygen atoms in total. The molecule has 2 heterocycles. The molecule has 1 amide bonds. The van der Waals surface area contributed by atoms with E-state index in [9.17, 15) is 9.90 Å². The van der Waals surface area contributed by atoms with Crippen molar-refractivity contribution in [2.24, 2.45) is 5.92 Å². The van der Waals surface area contributed by atoms with Crippen molar-refractivity contribution < 1.29 is 14.6 Å². The highest BCUT2D eigenvalue weighted by Crippen LogP contribution is 2.30. The Morgan fingerprint density at radius 3 is 2.55 bits per heavy atom. The molecule has 1 unspecified atom stereocenters. The van der Waals surface area contributed by atoms with Crippen LogP contribution < -0.4 is 5.32 Å². The first kappa shape index (κ1) is 15.6. The van der Waals surface area contributed by atoms with E-state index >= 15 is 0 Å². The number of rotatable bonds is 2. The minimum Gasteiger partial charge on any atom is -0.444 e. The molecule has 20 heavy (non-hydrogen) atoms. The molecule has 2 saturated heterocycles. The van der Waals surface area contributed by atoms with Crippen LogP contribution in [0.3, 0.4) is 0 Å². The third-order valence-electron chi connectivity index (χ3n) is 4.16. The SMILES string of the molecule is CC(C)(C)OC(=O)N1CCC(CC2(O)CCNC2)CC1. The zero-order valence-corrected chi connectivity index (χ0v) is 12.9. The monoisotopic (exact) mass is 284 g/mol. The maximum absolute atomic E-state index is 12.0. The first-order valence-electron chi connectivity index (χ1n) is 7.68. The molecule has 0 saturated carbocycles. The number of hydrogen-bond acceptors (Lipinski definition) is 4. The number of piperidine rings is 1. The number of β-amino-alcohol motifs (C(OH)–C–C–N with tert-alkyl or cyclic N) is 1. The summed E-state index contributed by atoms with van der Waals surface area (Å²) in [4.78, 5) is 13.8. The van der Waals surface area contributed by atoms with E-state index in [0.717, 1.165) is 45.3 Å². The van der Waals surface area contributed by atoms with Crippen molar-refractivity contribution in [3.8, 4) is 0 Å². The second kappa shape index (κ2) is 5.90. The Hall–Kier alpha value is -0.810. The molecule has 2 aliphatic heterocycles. The van der Waals surface area contributed by atoms with Crippen LogP contribution in [0.2, 0.25) is 0 Å². The van der Waals surface area contributed by atoms with E-state index in [1.807, 2.05) is 20.8 Å². The van der Waals surface area contributed by atoms with Crippen LogP contribution in [-0.2, 0) is 4.74 Å². The third-order valence-corrected chi connectivity index (χ3v) is 4.16. The van der Waals surface area contributed by atoms with Gasteiger partial charge < -0.3 is 20.1 Å². The van der Waals surface area contributed by atoms with Crippen LogP contribution in [-0.4, -0.2) is 53.5 Å². The molecule has 5 heteroatoms. The summed E-state index contributed by atoms with van der Waals surface area (Å²) in [6.45, 7) is 8.76. The molecule has 0 aromatic carbocycles. The van der Waals surface area contributed by atoms with Gasteiger partial charge in [-0.2, -0.15) is 0 Å². The molecule has 2 fully saturated rings. The lowest BCUT2D eigenvalue weighted by atomic mass is 9.84. The Balaban J connectivity index is 1.76. The fourth-order valence-corrected chi connectivity index (χ4v) is 3.09. The maximum atomic E-state index is 12.0. The summed E-state index contributed by atoms with van der Waals surface area (Å²) in [6, 6.07) is 0. The van der Waals surface area contributed by atoms with Gasteiger partial charge in [-0.1, -0.05) is 0 Å². The van der Waals surface area contributed by atoms with Crippen molar-refractivity contribution in [1.29, 1.82) is 0 Å². The van der Waals surface area contributed by atoms with E-state index in [1.54, 1.807) is 4.90 Å². The van der Waals surface area contributed by atoms with Crippen molar-refractivity contribution in [1.82, 2.24) is 10.2 Å². The van der Waals surface area contributed by atoms with E-state index in [0.29, 0.717) is 12.5 Å². The number of carbonyl (C=O) groups is 1. The van der Waals surface area contributed by atoms with Crippen LogP contribution in [0.4, 0.5) is 4.79 Å². The number of likely N-dealkylation sites (tertiary alicyclic amines) is 1. The van der Waals surface area contributed by atoms with Gasteiger partial charge >= 0.3 is 6.09 Å². The largest absolute Gasteiger partial charge is 0.444 e. The number of hydrogen-bond donors (Lipinski definition) is 2. The van der Waals surface area contributed by atoms with Gasteiger partial charge in [-0.05, 0) is 58.9 Å². The summed E-state index contributed by atoms with van der Waals surface area (Å²) >= 11 is 0. The summed E-state index contributed by atoms with van der Waals surface area (Å²) in [6.07, 6.45) is 3.40. The number of nitrogens with zero attached hydrogens (tertiary/aromatic N) is 1. The van der Waals surface area contributed by atoms with Crippen molar-refractivity contribution in [3.05, 3.63) is 0 Å². The predicted molar refractivity (Wildman–Crippen MR) is 77.6 cm³/mol. The molecule has 116 valence electrons. The van der Waals surface area contributed by atoms with Gasteiger partial charge in [0.2, 0.25) is 0 Å². The number of ether oxygens (including phenoxy) is 1. The van der Waals surface area contributed by atoms with Crippen LogP contribution in [0.25, 0.3) is 0 Å². The summed E-state index contributed by atoms with van der Waals surface area (Å²) in [5.74, 6) is 0.513. The van der Waals surface area contributed by atoms with E-state index < -0.39 is 11.2 Å². The number of aliphatic hydroxyl groups is 1. The van der Waals surface area contributed by atoms with Gasteiger partial charge in [-0.25, -0.2) is 4.79 Å². The van der Waals surface area contributed by atoms with Gasteiger partial charge in [-0.15, -0.1) is 0 Å². The van der Waals surface area contributed by atoms with E-state index in [-0.39, 0.29) is 6.09 Å². The fraction of sp³-hybridized carbons (Fsp3) is 0.933. The fourth-order valence-electron chi connectivity index (χ4n) is 3.09. The molecule has 2 rings (SSSR count). The van der Waals surface area contributed by atoms with Crippen molar-refractivity contribution in [3.63, 3.8) is 0 Å². The number of amides is 1. The summed E-state index contributed by atoms with van der Waals surface area (Å²) in [5.41, 5.74) is -0.961. The first-order valence-corrected chi connectivity index (χ1v) is 7.68. The molecule has 0 radical (unpaired) electrons. The number of nitrogens with one attached hydrogen (secondary N) is 1. The van der Waals surface area contributed by atoms with Gasteiger partial charge in [0.25, 0.3) is 0 Å². The molecular formula is C15H28N2O3. The van der Waals surface area contributed by atoms with Crippen LogP contribution in [0.15, 0.2) is 0 Å². The Morgan fingerprint density at radius 1 is 1.40 bits per heavy atom. The van der Waals surface area contributed by atoms with Gasteiger partial charge in [0.1, 0.15) is 5.60 Å². The lowest BCUT2D eigenvalue weighted by molar-refractivity contribution is 0.00528. The molecule has 2 aliphatic rings. The average molecular weight is 284 g/mol. The topological polar surface area (TPSA) is 61.8 Å². The second-order valence-electron chi connectivity index (χ2n) is 7.27. The summed E-state index contributed by atoms with van der Waals surface area (Å²) in [7, 11) is 0. The molecule has 0 aromatic rings. The predicted octanol–water partition coefficient (Wildman–Crippen LogP) is 1.75. The smallest absolute Gasteiger partial charge is 0.410 e. The molecule has 0 aliphatic carbocycles. The van der Waals surface area contributed by atoms with Gasteiger partial charge in [0, 0.05) is 19.6 Å². The Labute approximate surface area is 121 Å². The third kappa shape index (κ3) is 4.35. The minimum absolute atomic E-state index is 0.211. The van der Waals surface area contributed by atoms with E-state index in [4.69, 9.17) is 4.74 Å². The van der Waals surface area contributed by atoms with E-state index in [2.05, 4.69) is 5.32 Å². The van der Waals surface area contributed by atoms with Crippen molar-refractivity contribution in [2.45, 2.75) is 57.7 Å². The molecule has 0 bridgehead atoms. The molecule has 1 atom stereocenters.